The predicted molar refractivity (Wildman–Crippen MR) is 162 cm³/mol. The Hall–Kier alpha value is -2.94. The van der Waals surface area contributed by atoms with Gasteiger partial charge in [-0.1, -0.05) is 12.1 Å². The lowest BCUT2D eigenvalue weighted by Gasteiger charge is -2.37. The smallest absolute Gasteiger partial charge is 0.271 e. The summed E-state index contributed by atoms with van der Waals surface area (Å²) in [6.45, 7) is 13.9. The molecular weight excluding hydrogens is 537 g/mol. The first-order valence-corrected chi connectivity index (χ1v) is 12.9. The van der Waals surface area contributed by atoms with Gasteiger partial charge in [-0.05, 0) is 57.9 Å². The molecule has 39 heavy (non-hydrogen) atoms. The van der Waals surface area contributed by atoms with Crippen LogP contribution in [0.4, 0.5) is 5.69 Å². The monoisotopic (exact) mass is 577 g/mol. The molecule has 0 unspecified atom stereocenters. The Morgan fingerprint density at radius 3 is 2.21 bits per heavy atom. The summed E-state index contributed by atoms with van der Waals surface area (Å²) in [6, 6.07) is 12.2. The van der Waals surface area contributed by atoms with Crippen molar-refractivity contribution in [2.24, 2.45) is 0 Å². The van der Waals surface area contributed by atoms with Crippen molar-refractivity contribution in [1.29, 1.82) is 0 Å². The number of rotatable bonds is 9. The minimum atomic E-state index is -0.144. The van der Waals surface area contributed by atoms with E-state index in [4.69, 9.17) is 9.47 Å². The number of piperazine rings is 1. The summed E-state index contributed by atoms with van der Waals surface area (Å²) < 4.78 is 12.8. The molecule has 1 saturated heterocycles. The van der Waals surface area contributed by atoms with Crippen molar-refractivity contribution in [2.45, 2.75) is 34.1 Å². The van der Waals surface area contributed by atoms with E-state index in [1.54, 1.807) is 14.2 Å². The SMILES string of the molecule is COc1cc(OC)cc(-n2c(C)nc(C(=O)NCCCN3CCN(c4cccc(C)c4C)CC3)c2C)c1.Cl.Cl. The van der Waals surface area contributed by atoms with Crippen molar-refractivity contribution >= 4 is 36.4 Å². The van der Waals surface area contributed by atoms with Crippen LogP contribution in [-0.2, 0) is 0 Å². The summed E-state index contributed by atoms with van der Waals surface area (Å²) in [5.74, 6) is 1.96. The topological polar surface area (TPSA) is 71.9 Å². The highest BCUT2D eigenvalue weighted by Crippen LogP contribution is 2.28. The van der Waals surface area contributed by atoms with Gasteiger partial charge in [-0.25, -0.2) is 4.98 Å². The minimum absolute atomic E-state index is 0. The number of hydrogen-bond acceptors (Lipinski definition) is 6. The number of carbonyl (C=O) groups excluding carboxylic acids is 1. The number of benzene rings is 2. The number of halogens is 2. The fourth-order valence-corrected chi connectivity index (χ4v) is 5.04. The van der Waals surface area contributed by atoms with Crippen LogP contribution in [0, 0.1) is 27.7 Å². The molecule has 4 rings (SSSR count). The lowest BCUT2D eigenvalue weighted by atomic mass is 10.1. The molecule has 2 aromatic carbocycles. The van der Waals surface area contributed by atoms with Crippen molar-refractivity contribution in [3.8, 4) is 17.2 Å². The highest BCUT2D eigenvalue weighted by Gasteiger charge is 2.21. The van der Waals surface area contributed by atoms with Crippen molar-refractivity contribution in [3.05, 3.63) is 64.7 Å². The second kappa shape index (κ2) is 14.4. The second-order valence-corrected chi connectivity index (χ2v) is 9.66. The van der Waals surface area contributed by atoms with E-state index in [0.717, 1.165) is 56.4 Å². The molecule has 0 bridgehead atoms. The largest absolute Gasteiger partial charge is 0.497 e. The van der Waals surface area contributed by atoms with Crippen LogP contribution >= 0.6 is 24.8 Å². The molecule has 0 saturated carbocycles. The molecule has 10 heteroatoms. The zero-order valence-electron chi connectivity index (χ0n) is 23.7. The van der Waals surface area contributed by atoms with E-state index in [2.05, 4.69) is 52.1 Å². The number of ether oxygens (including phenoxy) is 2. The maximum Gasteiger partial charge on any atom is 0.271 e. The fourth-order valence-electron chi connectivity index (χ4n) is 5.04. The molecule has 3 aromatic rings. The highest BCUT2D eigenvalue weighted by atomic mass is 35.5. The number of amides is 1. The Morgan fingerprint density at radius 2 is 1.59 bits per heavy atom. The fraction of sp³-hybridized carbons (Fsp3) is 0.448. The molecule has 0 atom stereocenters. The minimum Gasteiger partial charge on any atom is -0.497 e. The number of anilines is 1. The molecule has 1 N–H and O–H groups in total. The van der Waals surface area contributed by atoms with Crippen LogP contribution in [0.1, 0.15) is 39.6 Å². The first kappa shape index (κ1) is 32.3. The molecule has 0 spiro atoms. The Morgan fingerprint density at radius 1 is 0.949 bits per heavy atom. The molecule has 1 aliphatic heterocycles. The Bertz CT molecular complexity index is 1230. The van der Waals surface area contributed by atoms with E-state index < -0.39 is 0 Å². The van der Waals surface area contributed by atoms with Crippen LogP contribution in [0.2, 0.25) is 0 Å². The van der Waals surface area contributed by atoms with Gasteiger partial charge in [0, 0.05) is 56.6 Å². The number of aromatic nitrogens is 2. The average molecular weight is 579 g/mol. The van der Waals surface area contributed by atoms with Gasteiger partial charge in [0.1, 0.15) is 23.0 Å². The number of nitrogens with zero attached hydrogens (tertiary/aromatic N) is 4. The molecule has 1 amide bonds. The summed E-state index contributed by atoms with van der Waals surface area (Å²) in [7, 11) is 3.24. The Kier molecular flexibility index (Phi) is 12.0. The molecule has 1 aromatic heterocycles. The zero-order chi connectivity index (χ0) is 26.5. The first-order valence-electron chi connectivity index (χ1n) is 12.9. The van der Waals surface area contributed by atoms with Gasteiger partial charge < -0.3 is 24.3 Å². The number of hydrogen-bond donors (Lipinski definition) is 1. The lowest BCUT2D eigenvalue weighted by Crippen LogP contribution is -2.47. The van der Waals surface area contributed by atoms with Gasteiger partial charge in [0.25, 0.3) is 5.91 Å². The van der Waals surface area contributed by atoms with Gasteiger partial charge in [0.2, 0.25) is 0 Å². The van der Waals surface area contributed by atoms with Gasteiger partial charge in [0.15, 0.2) is 0 Å². The molecule has 214 valence electrons. The van der Waals surface area contributed by atoms with Gasteiger partial charge in [-0.3, -0.25) is 9.69 Å². The first-order chi connectivity index (χ1) is 17.8. The second-order valence-electron chi connectivity index (χ2n) is 9.66. The Balaban J connectivity index is 0.00000267. The molecule has 1 aliphatic rings. The van der Waals surface area contributed by atoms with Gasteiger partial charge in [0.05, 0.1) is 25.6 Å². The number of carbonyl (C=O) groups is 1. The normalized spacial score (nSPS) is 13.3. The lowest BCUT2D eigenvalue weighted by molar-refractivity contribution is 0.0946. The van der Waals surface area contributed by atoms with E-state index >= 15 is 0 Å². The highest BCUT2D eigenvalue weighted by molar-refractivity contribution is 5.93. The van der Waals surface area contributed by atoms with E-state index in [1.165, 1.54) is 16.8 Å². The van der Waals surface area contributed by atoms with E-state index in [1.807, 2.05) is 36.6 Å². The van der Waals surface area contributed by atoms with Crippen LogP contribution in [0.25, 0.3) is 5.69 Å². The molecule has 8 nitrogen and oxygen atoms in total. The number of imidazole rings is 1. The standard InChI is InChI=1S/C29H39N5O3.2ClH/c1-20-9-7-10-27(21(20)2)33-15-13-32(14-16-33)12-8-11-30-29(35)28-22(3)34(23(4)31-28)24-17-25(36-5)19-26(18-24)37-6;;/h7,9-10,17-19H,8,11-16H2,1-6H3,(H,30,35);2*1H. The van der Waals surface area contributed by atoms with Crippen molar-refractivity contribution in [3.63, 3.8) is 0 Å². The average Bonchev–Trinajstić information content (AvgIpc) is 3.21. The molecule has 0 radical (unpaired) electrons. The van der Waals surface area contributed by atoms with Crippen molar-refractivity contribution < 1.29 is 14.3 Å². The van der Waals surface area contributed by atoms with Crippen LogP contribution in [0.15, 0.2) is 36.4 Å². The summed E-state index contributed by atoms with van der Waals surface area (Å²) in [4.78, 5) is 22.5. The number of aryl methyl sites for hydroxylation is 2. The van der Waals surface area contributed by atoms with Crippen molar-refractivity contribution in [1.82, 2.24) is 19.8 Å². The van der Waals surface area contributed by atoms with Crippen molar-refractivity contribution in [2.75, 3.05) is 58.4 Å². The van der Waals surface area contributed by atoms with Gasteiger partial charge >= 0.3 is 0 Å². The maximum absolute atomic E-state index is 13.0. The zero-order valence-corrected chi connectivity index (χ0v) is 25.4. The summed E-state index contributed by atoms with van der Waals surface area (Å²) in [5, 5.41) is 3.06. The van der Waals surface area contributed by atoms with Gasteiger partial charge in [-0.2, -0.15) is 0 Å². The Labute approximate surface area is 244 Å². The van der Waals surface area contributed by atoms with Crippen LogP contribution < -0.4 is 19.7 Å². The molecule has 2 heterocycles. The summed E-state index contributed by atoms with van der Waals surface area (Å²) >= 11 is 0. The van der Waals surface area contributed by atoms with Crippen LogP contribution in [0.3, 0.4) is 0 Å². The molecule has 0 aliphatic carbocycles. The third kappa shape index (κ3) is 7.38. The third-order valence-corrected chi connectivity index (χ3v) is 7.31. The predicted octanol–water partition coefficient (Wildman–Crippen LogP) is 4.91. The summed E-state index contributed by atoms with van der Waals surface area (Å²) in [6.07, 6.45) is 0.904. The molecule has 1 fully saturated rings. The van der Waals surface area contributed by atoms with Crippen LogP contribution in [-0.4, -0.2) is 73.8 Å². The van der Waals surface area contributed by atoms with E-state index in [0.29, 0.717) is 23.7 Å². The van der Waals surface area contributed by atoms with Crippen LogP contribution in [0.5, 0.6) is 11.5 Å². The maximum atomic E-state index is 13.0. The van der Waals surface area contributed by atoms with Gasteiger partial charge in [-0.15, -0.1) is 24.8 Å². The van der Waals surface area contributed by atoms with E-state index in [-0.39, 0.29) is 30.7 Å². The number of nitrogens with one attached hydrogen (secondary N) is 1. The summed E-state index contributed by atoms with van der Waals surface area (Å²) in [5.41, 5.74) is 6.14. The molecular formula is C29H41Cl2N5O3. The number of methoxy groups -OCH3 is 2. The third-order valence-electron chi connectivity index (χ3n) is 7.31. The quantitative estimate of drug-likeness (QED) is 0.364. The van der Waals surface area contributed by atoms with E-state index in [9.17, 15) is 4.79 Å².